The fourth-order valence-corrected chi connectivity index (χ4v) is 1.27. The van der Waals surface area contributed by atoms with Crippen molar-refractivity contribution in [3.63, 3.8) is 0 Å². The van der Waals surface area contributed by atoms with Crippen molar-refractivity contribution in [3.8, 4) is 0 Å². The van der Waals surface area contributed by atoms with Gasteiger partial charge in [-0.15, -0.1) is 0 Å². The molecular weight excluding hydrogens is 188 g/mol. The van der Waals surface area contributed by atoms with E-state index in [4.69, 9.17) is 10.5 Å². The maximum absolute atomic E-state index is 11.2. The van der Waals surface area contributed by atoms with Crippen LogP contribution >= 0.6 is 11.8 Å². The van der Waals surface area contributed by atoms with Crippen LogP contribution in [0.15, 0.2) is 0 Å². The highest BCUT2D eigenvalue weighted by molar-refractivity contribution is 7.98. The van der Waals surface area contributed by atoms with Gasteiger partial charge in [-0.25, -0.2) is 0 Å². The van der Waals surface area contributed by atoms with Crippen molar-refractivity contribution >= 4 is 17.7 Å². The third kappa shape index (κ3) is 6.86. The van der Waals surface area contributed by atoms with Gasteiger partial charge in [-0.3, -0.25) is 4.79 Å². The third-order valence-corrected chi connectivity index (χ3v) is 2.22. The summed E-state index contributed by atoms with van der Waals surface area (Å²) in [5, 5.41) is 2.69. The Balaban J connectivity index is 3.45. The average Bonchev–Trinajstić information content (AvgIpc) is 2.14. The molecule has 0 aromatic rings. The molecule has 0 bridgehead atoms. The first kappa shape index (κ1) is 12.7. The van der Waals surface area contributed by atoms with Gasteiger partial charge in [-0.05, 0) is 18.4 Å². The molecule has 1 atom stereocenters. The van der Waals surface area contributed by atoms with E-state index in [9.17, 15) is 4.79 Å². The zero-order valence-corrected chi connectivity index (χ0v) is 9.02. The Bertz CT molecular complexity index is 144. The maximum Gasteiger partial charge on any atom is 0.237 e. The zero-order chi connectivity index (χ0) is 10.1. The van der Waals surface area contributed by atoms with Gasteiger partial charge in [-0.1, -0.05) is 0 Å². The number of hydrogen-bond acceptors (Lipinski definition) is 4. The van der Waals surface area contributed by atoms with Gasteiger partial charge in [0.05, 0.1) is 12.6 Å². The molecule has 0 fully saturated rings. The van der Waals surface area contributed by atoms with Crippen LogP contribution in [0.3, 0.4) is 0 Å². The minimum Gasteiger partial charge on any atom is -0.383 e. The molecule has 0 aliphatic rings. The molecular formula is C8H18N2O2S. The zero-order valence-electron chi connectivity index (χ0n) is 8.21. The number of carbonyl (C=O) groups excluding carboxylic acids is 1. The van der Waals surface area contributed by atoms with Crippen molar-refractivity contribution in [1.82, 2.24) is 5.32 Å². The summed E-state index contributed by atoms with van der Waals surface area (Å²) in [7, 11) is 1.60. The van der Waals surface area contributed by atoms with Gasteiger partial charge < -0.3 is 15.8 Å². The summed E-state index contributed by atoms with van der Waals surface area (Å²) in [5.41, 5.74) is 5.62. The Labute approximate surface area is 83.6 Å². The van der Waals surface area contributed by atoms with E-state index in [0.717, 1.165) is 12.2 Å². The van der Waals surface area contributed by atoms with Crippen molar-refractivity contribution < 1.29 is 9.53 Å². The molecule has 0 aromatic heterocycles. The summed E-state index contributed by atoms with van der Waals surface area (Å²) >= 11 is 1.69. The smallest absolute Gasteiger partial charge is 0.237 e. The SMILES string of the molecule is COCCNC(=O)[C@@H](N)CCSC. The van der Waals surface area contributed by atoms with Gasteiger partial charge in [0.15, 0.2) is 0 Å². The highest BCUT2D eigenvalue weighted by Crippen LogP contribution is 1.98. The maximum atomic E-state index is 11.2. The van der Waals surface area contributed by atoms with Crippen LogP contribution in [0.4, 0.5) is 0 Å². The van der Waals surface area contributed by atoms with Crippen molar-refractivity contribution in [1.29, 1.82) is 0 Å². The second kappa shape index (κ2) is 8.34. The predicted molar refractivity (Wildman–Crippen MR) is 55.9 cm³/mol. The Hall–Kier alpha value is -0.260. The molecule has 0 aliphatic heterocycles. The molecule has 0 aliphatic carbocycles. The molecule has 5 heteroatoms. The van der Waals surface area contributed by atoms with Crippen LogP contribution in [0, 0.1) is 0 Å². The fraction of sp³-hybridized carbons (Fsp3) is 0.875. The van der Waals surface area contributed by atoms with Gasteiger partial charge >= 0.3 is 0 Å². The molecule has 13 heavy (non-hydrogen) atoms. The Morgan fingerprint density at radius 3 is 2.92 bits per heavy atom. The minimum absolute atomic E-state index is 0.0916. The number of nitrogens with two attached hydrogens (primary N) is 1. The molecule has 78 valence electrons. The number of amides is 1. The number of thioether (sulfide) groups is 1. The van der Waals surface area contributed by atoms with E-state index >= 15 is 0 Å². The molecule has 0 unspecified atom stereocenters. The first-order valence-electron chi connectivity index (χ1n) is 4.23. The average molecular weight is 206 g/mol. The molecule has 0 heterocycles. The van der Waals surface area contributed by atoms with Crippen LogP contribution in [0.25, 0.3) is 0 Å². The lowest BCUT2D eigenvalue weighted by Gasteiger charge is -2.10. The topological polar surface area (TPSA) is 64.3 Å². The highest BCUT2D eigenvalue weighted by atomic mass is 32.2. The standard InChI is InChI=1S/C8H18N2O2S/c1-12-5-4-10-8(11)7(9)3-6-13-2/h7H,3-6,9H2,1-2H3,(H,10,11)/t7-/m0/s1. The lowest BCUT2D eigenvalue weighted by molar-refractivity contribution is -0.122. The quantitative estimate of drug-likeness (QED) is 0.568. The van der Waals surface area contributed by atoms with Gasteiger partial charge in [0.1, 0.15) is 0 Å². The minimum atomic E-state index is -0.385. The third-order valence-electron chi connectivity index (χ3n) is 1.58. The summed E-state index contributed by atoms with van der Waals surface area (Å²) in [6, 6.07) is -0.385. The van der Waals surface area contributed by atoms with Crippen molar-refractivity contribution in [3.05, 3.63) is 0 Å². The van der Waals surface area contributed by atoms with E-state index < -0.39 is 0 Å². The monoisotopic (exact) mass is 206 g/mol. The second-order valence-corrected chi connectivity index (χ2v) is 3.66. The van der Waals surface area contributed by atoms with Crippen LogP contribution < -0.4 is 11.1 Å². The van der Waals surface area contributed by atoms with Gasteiger partial charge in [0.25, 0.3) is 0 Å². The molecule has 4 nitrogen and oxygen atoms in total. The van der Waals surface area contributed by atoms with Crippen molar-refractivity contribution in [2.24, 2.45) is 5.73 Å². The molecule has 0 aromatic carbocycles. The Morgan fingerprint density at radius 2 is 2.38 bits per heavy atom. The molecule has 0 rings (SSSR count). The number of methoxy groups -OCH3 is 1. The van der Waals surface area contributed by atoms with E-state index in [1.807, 2.05) is 6.26 Å². The van der Waals surface area contributed by atoms with Crippen molar-refractivity contribution in [2.45, 2.75) is 12.5 Å². The van der Waals surface area contributed by atoms with Crippen molar-refractivity contribution in [2.75, 3.05) is 32.3 Å². The fourth-order valence-electron chi connectivity index (χ4n) is 0.783. The lowest BCUT2D eigenvalue weighted by Crippen LogP contribution is -2.42. The molecule has 0 saturated carbocycles. The number of ether oxygens (including phenoxy) is 1. The number of nitrogens with one attached hydrogen (secondary N) is 1. The van der Waals surface area contributed by atoms with Crippen LogP contribution in [0.1, 0.15) is 6.42 Å². The van der Waals surface area contributed by atoms with E-state index in [2.05, 4.69) is 5.32 Å². The normalized spacial score (nSPS) is 12.5. The molecule has 1 amide bonds. The molecule has 3 N–H and O–H groups in total. The molecule has 0 spiro atoms. The summed E-state index contributed by atoms with van der Waals surface area (Å²) < 4.78 is 4.79. The number of rotatable bonds is 7. The summed E-state index contributed by atoms with van der Waals surface area (Å²) in [4.78, 5) is 11.2. The van der Waals surface area contributed by atoms with Gasteiger partial charge in [-0.2, -0.15) is 11.8 Å². The summed E-state index contributed by atoms with van der Waals surface area (Å²) in [5.74, 6) is 0.824. The Kier molecular flexibility index (Phi) is 8.18. The Morgan fingerprint density at radius 1 is 1.69 bits per heavy atom. The van der Waals surface area contributed by atoms with Gasteiger partial charge in [0, 0.05) is 13.7 Å². The second-order valence-electron chi connectivity index (χ2n) is 2.67. The predicted octanol–water partition coefficient (Wildman–Crippen LogP) is -0.171. The van der Waals surface area contributed by atoms with Crippen LogP contribution in [0.5, 0.6) is 0 Å². The first-order valence-corrected chi connectivity index (χ1v) is 5.63. The van der Waals surface area contributed by atoms with E-state index in [0.29, 0.717) is 13.2 Å². The van der Waals surface area contributed by atoms with E-state index in [-0.39, 0.29) is 11.9 Å². The summed E-state index contributed by atoms with van der Waals surface area (Å²) in [6.45, 7) is 1.06. The lowest BCUT2D eigenvalue weighted by atomic mass is 10.2. The van der Waals surface area contributed by atoms with Crippen LogP contribution in [0.2, 0.25) is 0 Å². The largest absolute Gasteiger partial charge is 0.383 e. The number of carbonyl (C=O) groups is 1. The molecule has 0 saturated heterocycles. The van der Waals surface area contributed by atoms with Gasteiger partial charge in [0.2, 0.25) is 5.91 Å². The summed E-state index contributed by atoms with van der Waals surface area (Å²) in [6.07, 6.45) is 2.72. The van der Waals surface area contributed by atoms with E-state index in [1.54, 1.807) is 18.9 Å². The molecule has 0 radical (unpaired) electrons. The van der Waals surface area contributed by atoms with Crippen LogP contribution in [-0.4, -0.2) is 44.2 Å². The van der Waals surface area contributed by atoms with Crippen LogP contribution in [-0.2, 0) is 9.53 Å². The highest BCUT2D eigenvalue weighted by Gasteiger charge is 2.11. The first-order chi connectivity index (χ1) is 6.22. The van der Waals surface area contributed by atoms with E-state index in [1.165, 1.54) is 0 Å². The number of hydrogen-bond donors (Lipinski definition) is 2.